The maximum absolute atomic E-state index is 12.0. The highest BCUT2D eigenvalue weighted by molar-refractivity contribution is 5.99. The number of nitro groups is 1. The Hall–Kier alpha value is -3.17. The number of nitrogens with zero attached hydrogens (tertiary/aromatic N) is 1. The van der Waals surface area contributed by atoms with Crippen molar-refractivity contribution in [2.24, 2.45) is 5.92 Å². The van der Waals surface area contributed by atoms with E-state index in [1.807, 2.05) is 19.2 Å². The lowest BCUT2D eigenvalue weighted by Crippen LogP contribution is -2.42. The van der Waals surface area contributed by atoms with E-state index in [4.69, 9.17) is 4.74 Å². The summed E-state index contributed by atoms with van der Waals surface area (Å²) in [6, 6.07) is 2.94. The van der Waals surface area contributed by atoms with Crippen molar-refractivity contribution in [3.05, 3.63) is 33.9 Å². The van der Waals surface area contributed by atoms with Gasteiger partial charge >= 0.3 is 12.0 Å². The lowest BCUT2D eigenvalue weighted by molar-refractivity contribution is -0.384. The molecule has 0 unspecified atom stereocenters. The molecule has 0 aromatic heterocycles. The quantitative estimate of drug-likeness (QED) is 0.381. The van der Waals surface area contributed by atoms with Crippen LogP contribution in [0.5, 0.6) is 0 Å². The summed E-state index contributed by atoms with van der Waals surface area (Å²) in [6.45, 7) is 3.47. The fourth-order valence-corrected chi connectivity index (χ4v) is 1.75. The largest absolute Gasteiger partial charge is 0.452 e. The molecule has 0 bridgehead atoms. The minimum absolute atomic E-state index is 0.0891. The van der Waals surface area contributed by atoms with Crippen LogP contribution in [0.4, 0.5) is 16.2 Å². The molecule has 10 nitrogen and oxygen atoms in total. The Bertz CT molecular complexity index is 674. The van der Waals surface area contributed by atoms with Crippen molar-refractivity contribution in [1.29, 1.82) is 0 Å². The van der Waals surface area contributed by atoms with Gasteiger partial charge in [-0.3, -0.25) is 20.2 Å². The molecule has 0 aliphatic rings. The SMILES string of the molecule is CNc1ccc([N+](=O)[O-])cc1C(=O)OCC(=O)NC(=O)NCC(C)C. The van der Waals surface area contributed by atoms with E-state index in [-0.39, 0.29) is 17.2 Å². The number of ether oxygens (including phenoxy) is 1. The summed E-state index contributed by atoms with van der Waals surface area (Å²) < 4.78 is 4.80. The molecule has 0 heterocycles. The fourth-order valence-electron chi connectivity index (χ4n) is 1.75. The zero-order chi connectivity index (χ0) is 19.0. The number of non-ortho nitro benzene ring substituents is 1. The number of nitro benzene ring substituents is 1. The monoisotopic (exact) mass is 352 g/mol. The molecule has 10 heteroatoms. The standard InChI is InChI=1S/C15H20N4O6/c1-9(2)7-17-15(22)18-13(20)8-25-14(21)11-6-10(19(23)24)4-5-12(11)16-3/h4-6,9,16H,7-8H2,1-3H3,(H2,17,18,20,22). The van der Waals surface area contributed by atoms with Crippen LogP contribution in [0.1, 0.15) is 24.2 Å². The van der Waals surface area contributed by atoms with E-state index in [1.165, 1.54) is 19.2 Å². The van der Waals surface area contributed by atoms with Crippen LogP contribution in [0, 0.1) is 16.0 Å². The lowest BCUT2D eigenvalue weighted by Gasteiger charge is -2.10. The van der Waals surface area contributed by atoms with Crippen LogP contribution in [0.25, 0.3) is 0 Å². The number of urea groups is 1. The van der Waals surface area contributed by atoms with Crippen LogP contribution in [0.2, 0.25) is 0 Å². The van der Waals surface area contributed by atoms with Gasteiger partial charge in [-0.1, -0.05) is 13.8 Å². The van der Waals surface area contributed by atoms with Crippen molar-refractivity contribution in [2.45, 2.75) is 13.8 Å². The first-order valence-electron chi connectivity index (χ1n) is 7.45. The zero-order valence-electron chi connectivity index (χ0n) is 14.1. The van der Waals surface area contributed by atoms with E-state index in [0.29, 0.717) is 12.2 Å². The molecular weight excluding hydrogens is 332 g/mol. The maximum atomic E-state index is 12.0. The number of carbonyl (C=O) groups excluding carboxylic acids is 3. The van der Waals surface area contributed by atoms with Gasteiger partial charge < -0.3 is 15.4 Å². The van der Waals surface area contributed by atoms with Gasteiger partial charge in [-0.25, -0.2) is 9.59 Å². The number of rotatable bonds is 7. The first-order valence-corrected chi connectivity index (χ1v) is 7.45. The number of amides is 3. The minimum Gasteiger partial charge on any atom is -0.452 e. The normalized spacial score (nSPS) is 10.1. The Balaban J connectivity index is 2.64. The van der Waals surface area contributed by atoms with Crippen LogP contribution >= 0.6 is 0 Å². The van der Waals surface area contributed by atoms with Crippen molar-refractivity contribution < 1.29 is 24.0 Å². The van der Waals surface area contributed by atoms with E-state index < -0.39 is 29.4 Å². The predicted octanol–water partition coefficient (Wildman–Crippen LogP) is 1.28. The summed E-state index contributed by atoms with van der Waals surface area (Å²) in [5.41, 5.74) is -0.0668. The Morgan fingerprint density at radius 3 is 2.52 bits per heavy atom. The Labute approximate surface area is 144 Å². The summed E-state index contributed by atoms with van der Waals surface area (Å²) in [4.78, 5) is 45.2. The van der Waals surface area contributed by atoms with Gasteiger partial charge in [0, 0.05) is 31.4 Å². The van der Waals surface area contributed by atoms with Crippen LogP contribution in [-0.2, 0) is 9.53 Å². The average Bonchev–Trinajstić information content (AvgIpc) is 2.57. The highest BCUT2D eigenvalue weighted by Crippen LogP contribution is 2.22. The van der Waals surface area contributed by atoms with E-state index in [2.05, 4.69) is 10.6 Å². The molecular formula is C15H20N4O6. The summed E-state index contributed by atoms with van der Waals surface area (Å²) in [7, 11) is 1.53. The number of esters is 1. The number of hydrogen-bond donors (Lipinski definition) is 3. The molecule has 0 saturated heterocycles. The second-order valence-electron chi connectivity index (χ2n) is 5.47. The summed E-state index contributed by atoms with van der Waals surface area (Å²) >= 11 is 0. The van der Waals surface area contributed by atoms with E-state index in [0.717, 1.165) is 6.07 Å². The first kappa shape index (κ1) is 19.9. The highest BCUT2D eigenvalue weighted by atomic mass is 16.6. The van der Waals surface area contributed by atoms with E-state index in [9.17, 15) is 24.5 Å². The third kappa shape index (κ3) is 6.45. The van der Waals surface area contributed by atoms with Gasteiger partial charge in [0.15, 0.2) is 6.61 Å². The molecule has 3 amide bonds. The van der Waals surface area contributed by atoms with Gasteiger partial charge in [0.1, 0.15) is 0 Å². The minimum atomic E-state index is -0.925. The predicted molar refractivity (Wildman–Crippen MR) is 89.3 cm³/mol. The summed E-state index contributed by atoms with van der Waals surface area (Å²) in [5.74, 6) is -1.52. The van der Waals surface area contributed by atoms with E-state index >= 15 is 0 Å². The molecule has 0 aliphatic heterocycles. The highest BCUT2D eigenvalue weighted by Gasteiger charge is 2.19. The molecule has 136 valence electrons. The number of hydrogen-bond acceptors (Lipinski definition) is 7. The number of nitrogens with one attached hydrogen (secondary N) is 3. The van der Waals surface area contributed by atoms with Crippen molar-refractivity contribution in [3.63, 3.8) is 0 Å². The molecule has 0 aliphatic carbocycles. The molecule has 0 spiro atoms. The third-order valence-corrected chi connectivity index (χ3v) is 2.96. The summed E-state index contributed by atoms with van der Waals surface area (Å²) in [5, 5.41) is 18.0. The number of benzene rings is 1. The number of imide groups is 1. The van der Waals surface area contributed by atoms with Crippen molar-refractivity contribution >= 4 is 29.3 Å². The average molecular weight is 352 g/mol. The van der Waals surface area contributed by atoms with Gasteiger partial charge in [0.05, 0.1) is 10.5 Å². The molecule has 1 aromatic rings. The van der Waals surface area contributed by atoms with Gasteiger partial charge in [-0.05, 0) is 12.0 Å². The van der Waals surface area contributed by atoms with Gasteiger partial charge in [0.2, 0.25) is 0 Å². The number of carbonyl (C=O) groups is 3. The second kappa shape index (κ2) is 9.21. The molecule has 0 atom stereocenters. The Kier molecular flexibility index (Phi) is 7.32. The topological polar surface area (TPSA) is 140 Å². The Morgan fingerprint density at radius 1 is 1.28 bits per heavy atom. The van der Waals surface area contributed by atoms with Crippen LogP contribution in [-0.4, -0.2) is 43.0 Å². The van der Waals surface area contributed by atoms with Crippen LogP contribution in [0.3, 0.4) is 0 Å². The smallest absolute Gasteiger partial charge is 0.341 e. The van der Waals surface area contributed by atoms with Gasteiger partial charge in [-0.15, -0.1) is 0 Å². The zero-order valence-corrected chi connectivity index (χ0v) is 14.1. The molecule has 3 N–H and O–H groups in total. The number of anilines is 1. The Morgan fingerprint density at radius 2 is 1.96 bits per heavy atom. The van der Waals surface area contributed by atoms with Crippen molar-refractivity contribution in [2.75, 3.05) is 25.5 Å². The first-order chi connectivity index (χ1) is 11.7. The summed E-state index contributed by atoms with van der Waals surface area (Å²) in [6.07, 6.45) is 0. The lowest BCUT2D eigenvalue weighted by atomic mass is 10.1. The van der Waals surface area contributed by atoms with Crippen LogP contribution < -0.4 is 16.0 Å². The van der Waals surface area contributed by atoms with Crippen molar-refractivity contribution in [1.82, 2.24) is 10.6 Å². The molecule has 0 saturated carbocycles. The van der Waals surface area contributed by atoms with Crippen molar-refractivity contribution in [3.8, 4) is 0 Å². The van der Waals surface area contributed by atoms with Crippen LogP contribution in [0.15, 0.2) is 18.2 Å². The second-order valence-corrected chi connectivity index (χ2v) is 5.47. The molecule has 1 rings (SSSR count). The third-order valence-electron chi connectivity index (χ3n) is 2.96. The fraction of sp³-hybridized carbons (Fsp3) is 0.400. The van der Waals surface area contributed by atoms with Gasteiger partial charge in [-0.2, -0.15) is 0 Å². The molecule has 1 aromatic carbocycles. The molecule has 25 heavy (non-hydrogen) atoms. The van der Waals surface area contributed by atoms with E-state index in [1.54, 1.807) is 0 Å². The maximum Gasteiger partial charge on any atom is 0.341 e. The molecule has 0 radical (unpaired) electrons. The van der Waals surface area contributed by atoms with Gasteiger partial charge in [0.25, 0.3) is 11.6 Å². The molecule has 0 fully saturated rings.